The van der Waals surface area contributed by atoms with E-state index in [1.54, 1.807) is 30.1 Å². The van der Waals surface area contributed by atoms with Crippen LogP contribution in [0.1, 0.15) is 33.6 Å². The van der Waals surface area contributed by atoms with E-state index in [2.05, 4.69) is 25.7 Å². The molecule has 1 N–H and O–H groups in total. The van der Waals surface area contributed by atoms with Crippen LogP contribution in [0.5, 0.6) is 0 Å². The lowest BCUT2D eigenvalue weighted by molar-refractivity contribution is -0.122. The average Bonchev–Trinajstić information content (AvgIpc) is 2.67. The molecule has 0 aromatic carbocycles. The maximum Gasteiger partial charge on any atom is 0.178 e. The van der Waals surface area contributed by atoms with Gasteiger partial charge in [-0.25, -0.2) is 5.06 Å². The van der Waals surface area contributed by atoms with Crippen molar-refractivity contribution in [3.05, 3.63) is 36.1 Å². The van der Waals surface area contributed by atoms with E-state index in [0.717, 1.165) is 29.3 Å². The van der Waals surface area contributed by atoms with Crippen molar-refractivity contribution < 1.29 is 10.0 Å². The topological polar surface area (TPSA) is 43.8 Å². The number of hydrogen-bond donors (Lipinski definition) is 1. The lowest BCUT2D eigenvalue weighted by Crippen LogP contribution is -2.50. The van der Waals surface area contributed by atoms with Crippen molar-refractivity contribution in [1.29, 1.82) is 0 Å². The van der Waals surface area contributed by atoms with E-state index < -0.39 is 0 Å². The number of hydrogen-bond acceptors (Lipinski definition) is 5. The third-order valence-electron chi connectivity index (χ3n) is 3.67. The number of allylic oxidation sites excluding steroid dienone is 5. The van der Waals surface area contributed by atoms with Crippen molar-refractivity contribution in [2.75, 3.05) is 6.54 Å². The molecule has 6 heteroatoms. The average molecular weight is 338 g/mol. The molecule has 1 unspecified atom stereocenters. The van der Waals surface area contributed by atoms with Crippen molar-refractivity contribution >= 4 is 34.1 Å². The zero-order valence-corrected chi connectivity index (χ0v) is 14.8. The van der Waals surface area contributed by atoms with E-state index in [9.17, 15) is 10.0 Å². The van der Waals surface area contributed by atoms with Gasteiger partial charge in [0.15, 0.2) is 5.78 Å². The molecule has 1 heterocycles. The number of unbranched alkanes of at least 4 members (excludes halogenated alkanes) is 1. The van der Waals surface area contributed by atoms with Crippen LogP contribution in [0.25, 0.3) is 0 Å². The van der Waals surface area contributed by atoms with Crippen molar-refractivity contribution in [3.8, 4) is 0 Å². The van der Waals surface area contributed by atoms with Gasteiger partial charge >= 0.3 is 0 Å². The summed E-state index contributed by atoms with van der Waals surface area (Å²) in [4.78, 5) is 13.2. The Kier molecular flexibility index (Phi) is 5.47. The monoisotopic (exact) mass is 338 g/mol. The lowest BCUT2D eigenvalue weighted by Gasteiger charge is -2.36. The van der Waals surface area contributed by atoms with Crippen molar-refractivity contribution in [1.82, 2.24) is 9.96 Å². The summed E-state index contributed by atoms with van der Waals surface area (Å²) >= 11 is 7.09. The van der Waals surface area contributed by atoms with Crippen LogP contribution in [0.2, 0.25) is 0 Å². The molecule has 0 amide bonds. The van der Waals surface area contributed by atoms with E-state index in [-0.39, 0.29) is 16.7 Å². The molecule has 1 aliphatic carbocycles. The summed E-state index contributed by atoms with van der Waals surface area (Å²) in [7, 11) is 0. The zero-order chi connectivity index (χ0) is 16.3. The van der Waals surface area contributed by atoms with Gasteiger partial charge in [-0.15, -0.1) is 0 Å². The van der Waals surface area contributed by atoms with Crippen molar-refractivity contribution in [3.63, 3.8) is 0 Å². The zero-order valence-electron chi connectivity index (χ0n) is 13.2. The Labute approximate surface area is 141 Å². The number of thioether (sulfide) groups is 1. The molecule has 0 radical (unpaired) electrons. The number of ketones is 1. The van der Waals surface area contributed by atoms with Gasteiger partial charge in [-0.2, -0.15) is 0 Å². The fourth-order valence-electron chi connectivity index (χ4n) is 2.59. The molecule has 1 saturated heterocycles. The highest BCUT2D eigenvalue weighted by molar-refractivity contribution is 8.24. The second kappa shape index (κ2) is 6.98. The number of carbonyl (C=O) groups excluding carboxylic acids is 1. The summed E-state index contributed by atoms with van der Waals surface area (Å²) in [5.74, 6) is -0.0378. The van der Waals surface area contributed by atoms with E-state index in [0.29, 0.717) is 0 Å². The first-order chi connectivity index (χ1) is 10.3. The molecule has 0 saturated carbocycles. The minimum absolute atomic E-state index is 0.0378. The van der Waals surface area contributed by atoms with Gasteiger partial charge in [-0.1, -0.05) is 37.3 Å². The summed E-state index contributed by atoms with van der Waals surface area (Å²) in [5.41, 5.74) is 0.788. The minimum Gasteiger partial charge on any atom is -0.334 e. The normalized spacial score (nSPS) is 23.4. The van der Waals surface area contributed by atoms with Crippen LogP contribution < -0.4 is 0 Å². The Hall–Kier alpha value is -1.11. The molecule has 2 aliphatic rings. The van der Waals surface area contributed by atoms with E-state index in [4.69, 9.17) is 12.2 Å². The molecule has 2 rings (SSSR count). The molecule has 1 fully saturated rings. The van der Waals surface area contributed by atoms with E-state index in [1.165, 1.54) is 17.2 Å². The SMILES string of the molecule is CCCCN1C(=S)SC(C)(C)C1N(O)C=C1C=CC(=O)C=C1. The second-order valence-electron chi connectivity index (χ2n) is 5.97. The number of hydroxylamine groups is 2. The quantitative estimate of drug-likeness (QED) is 0.611. The van der Waals surface area contributed by atoms with Crippen LogP contribution in [-0.2, 0) is 4.79 Å². The molecule has 0 bridgehead atoms. The highest BCUT2D eigenvalue weighted by Gasteiger charge is 2.46. The van der Waals surface area contributed by atoms with Crippen molar-refractivity contribution in [2.24, 2.45) is 0 Å². The number of thiocarbonyl (C=S) groups is 1. The largest absolute Gasteiger partial charge is 0.334 e. The first-order valence-electron chi connectivity index (χ1n) is 7.44. The Morgan fingerprint density at radius 3 is 2.64 bits per heavy atom. The second-order valence-corrected chi connectivity index (χ2v) is 8.26. The molecule has 0 aromatic heterocycles. The van der Waals surface area contributed by atoms with Crippen LogP contribution in [0, 0.1) is 0 Å². The smallest absolute Gasteiger partial charge is 0.178 e. The molecule has 22 heavy (non-hydrogen) atoms. The molecule has 1 aliphatic heterocycles. The lowest BCUT2D eigenvalue weighted by atomic mass is 10.1. The maximum absolute atomic E-state index is 11.2. The summed E-state index contributed by atoms with van der Waals surface area (Å²) in [5, 5.41) is 11.8. The summed E-state index contributed by atoms with van der Waals surface area (Å²) < 4.78 is 0.611. The fraction of sp³-hybridized carbons (Fsp3) is 0.500. The van der Waals surface area contributed by atoms with Crippen LogP contribution in [0.4, 0.5) is 0 Å². The maximum atomic E-state index is 11.2. The number of nitrogens with zero attached hydrogens (tertiary/aromatic N) is 2. The first-order valence-corrected chi connectivity index (χ1v) is 8.66. The predicted molar refractivity (Wildman–Crippen MR) is 94.7 cm³/mol. The van der Waals surface area contributed by atoms with Gasteiger partial charge in [0.05, 0.1) is 4.75 Å². The standard InChI is InChI=1S/C16H22N2O2S2/c1-4-5-10-17-14(16(2,3)22-15(17)21)18(20)11-12-6-8-13(19)9-7-12/h6-9,11,14,20H,4-5,10H2,1-3H3. The molecular weight excluding hydrogens is 316 g/mol. The van der Waals surface area contributed by atoms with Gasteiger partial charge < -0.3 is 4.90 Å². The summed E-state index contributed by atoms with van der Waals surface area (Å²) in [6, 6.07) is 0. The highest BCUT2D eigenvalue weighted by Crippen LogP contribution is 2.42. The third-order valence-corrected chi connectivity index (χ3v) is 5.30. The minimum atomic E-state index is -0.219. The molecule has 120 valence electrons. The van der Waals surface area contributed by atoms with E-state index >= 15 is 0 Å². The third kappa shape index (κ3) is 3.80. The number of carbonyl (C=O) groups is 1. The van der Waals surface area contributed by atoms with Gasteiger partial charge in [0.1, 0.15) is 10.5 Å². The van der Waals surface area contributed by atoms with Crippen LogP contribution in [0.15, 0.2) is 36.1 Å². The van der Waals surface area contributed by atoms with Gasteiger partial charge in [0, 0.05) is 12.7 Å². The Balaban J connectivity index is 2.20. The molecule has 4 nitrogen and oxygen atoms in total. The van der Waals surface area contributed by atoms with Gasteiger partial charge in [-0.3, -0.25) is 10.0 Å². The number of rotatable bonds is 5. The Morgan fingerprint density at radius 1 is 1.41 bits per heavy atom. The van der Waals surface area contributed by atoms with Gasteiger partial charge in [0.2, 0.25) is 0 Å². The predicted octanol–water partition coefficient (Wildman–Crippen LogP) is 3.50. The molecule has 0 aromatic rings. The van der Waals surface area contributed by atoms with Crippen LogP contribution in [-0.4, -0.2) is 42.7 Å². The highest BCUT2D eigenvalue weighted by atomic mass is 32.2. The Morgan fingerprint density at radius 2 is 2.05 bits per heavy atom. The fourth-order valence-corrected chi connectivity index (χ4v) is 4.53. The van der Waals surface area contributed by atoms with E-state index in [1.807, 2.05) is 0 Å². The first kappa shape index (κ1) is 17.2. The molecule has 0 spiro atoms. The van der Waals surface area contributed by atoms with Crippen LogP contribution >= 0.6 is 24.0 Å². The molecule has 1 atom stereocenters. The van der Waals surface area contributed by atoms with Gasteiger partial charge in [0.25, 0.3) is 0 Å². The van der Waals surface area contributed by atoms with Crippen LogP contribution in [0.3, 0.4) is 0 Å². The Bertz CT molecular complexity index is 534. The molecular formula is C16H22N2O2S2. The van der Waals surface area contributed by atoms with Crippen molar-refractivity contribution in [2.45, 2.75) is 44.5 Å². The summed E-state index contributed by atoms with van der Waals surface area (Å²) in [6.07, 6.45) is 9.94. The van der Waals surface area contributed by atoms with Gasteiger partial charge in [-0.05, 0) is 50.1 Å². The summed E-state index contributed by atoms with van der Waals surface area (Å²) in [6.45, 7) is 7.14.